The number of hydrogen-bond donors (Lipinski definition) is 1. The highest BCUT2D eigenvalue weighted by atomic mass is 19.1. The Bertz CT molecular complexity index is 1310. The Hall–Kier alpha value is -4.07. The largest absolute Gasteiger partial charge is 0.337 e. The number of benzene rings is 3. The summed E-state index contributed by atoms with van der Waals surface area (Å²) in [7, 11) is 0. The van der Waals surface area contributed by atoms with E-state index in [1.165, 1.54) is 24.3 Å². The van der Waals surface area contributed by atoms with Crippen LogP contribution in [0.15, 0.2) is 71.3 Å². The third-order valence-corrected chi connectivity index (χ3v) is 5.47. The smallest absolute Gasteiger partial charge is 0.325 e. The second kappa shape index (κ2) is 7.02. The maximum absolute atomic E-state index is 13.3. The number of amides is 3. The first-order valence-electron chi connectivity index (χ1n) is 9.66. The molecule has 3 amide bonds. The summed E-state index contributed by atoms with van der Waals surface area (Å²) in [6.45, 7) is 1.52. The number of nitrogens with one attached hydrogen (secondary N) is 1. The minimum atomic E-state index is -1.22. The van der Waals surface area contributed by atoms with Crippen molar-refractivity contribution < 1.29 is 18.5 Å². The molecule has 1 aromatic heterocycles. The lowest BCUT2D eigenvalue weighted by Gasteiger charge is -2.23. The molecule has 0 bridgehead atoms. The van der Waals surface area contributed by atoms with Gasteiger partial charge in [0.05, 0.1) is 0 Å². The quantitative estimate of drug-likeness (QED) is 0.508. The van der Waals surface area contributed by atoms with Gasteiger partial charge < -0.3 is 9.84 Å². The molecule has 1 atom stereocenters. The molecule has 7 nitrogen and oxygen atoms in total. The molecule has 1 saturated heterocycles. The summed E-state index contributed by atoms with van der Waals surface area (Å²) in [5, 5.41) is 8.54. The van der Waals surface area contributed by atoms with E-state index in [4.69, 9.17) is 4.52 Å². The molecule has 0 saturated carbocycles. The first kappa shape index (κ1) is 18.9. The molecule has 3 aromatic carbocycles. The van der Waals surface area contributed by atoms with Crippen molar-refractivity contribution in [2.45, 2.75) is 19.0 Å². The monoisotopic (exact) mass is 416 g/mol. The molecule has 31 heavy (non-hydrogen) atoms. The third-order valence-electron chi connectivity index (χ3n) is 5.47. The van der Waals surface area contributed by atoms with Crippen LogP contribution in [0.3, 0.4) is 0 Å². The van der Waals surface area contributed by atoms with Crippen molar-refractivity contribution >= 4 is 22.7 Å². The summed E-state index contributed by atoms with van der Waals surface area (Å²) < 4.78 is 18.3. The van der Waals surface area contributed by atoms with Crippen molar-refractivity contribution in [1.82, 2.24) is 20.4 Å². The van der Waals surface area contributed by atoms with Gasteiger partial charge in [-0.25, -0.2) is 9.18 Å². The Morgan fingerprint density at radius 3 is 2.58 bits per heavy atom. The van der Waals surface area contributed by atoms with E-state index >= 15 is 0 Å². The van der Waals surface area contributed by atoms with Gasteiger partial charge in [-0.15, -0.1) is 0 Å². The van der Waals surface area contributed by atoms with Crippen molar-refractivity contribution in [2.75, 3.05) is 0 Å². The van der Waals surface area contributed by atoms with E-state index in [1.807, 2.05) is 42.5 Å². The molecule has 1 N–H and O–H groups in total. The fourth-order valence-corrected chi connectivity index (χ4v) is 3.86. The van der Waals surface area contributed by atoms with Crippen LogP contribution in [0, 0.1) is 5.82 Å². The Kier molecular flexibility index (Phi) is 4.28. The van der Waals surface area contributed by atoms with Crippen molar-refractivity contribution in [2.24, 2.45) is 0 Å². The molecule has 0 spiro atoms. The molecule has 0 radical (unpaired) electrons. The lowest BCUT2D eigenvalue weighted by molar-refractivity contribution is -0.131. The van der Waals surface area contributed by atoms with Gasteiger partial charge in [0.25, 0.3) is 5.91 Å². The first-order chi connectivity index (χ1) is 15.0. The molecule has 8 heteroatoms. The molecule has 1 aliphatic heterocycles. The van der Waals surface area contributed by atoms with Crippen LogP contribution >= 0.6 is 0 Å². The van der Waals surface area contributed by atoms with Crippen LogP contribution in [-0.2, 0) is 16.9 Å². The molecule has 154 valence electrons. The van der Waals surface area contributed by atoms with Gasteiger partial charge >= 0.3 is 6.03 Å². The van der Waals surface area contributed by atoms with E-state index in [1.54, 1.807) is 6.92 Å². The number of nitrogens with zero attached hydrogens (tertiary/aromatic N) is 3. The molecule has 1 fully saturated rings. The summed E-state index contributed by atoms with van der Waals surface area (Å²) in [5.41, 5.74) is 0.0516. The van der Waals surface area contributed by atoms with Crippen LogP contribution in [0.5, 0.6) is 0 Å². The molecule has 5 rings (SSSR count). The van der Waals surface area contributed by atoms with Crippen LogP contribution < -0.4 is 5.32 Å². The molecule has 1 aliphatic rings. The van der Waals surface area contributed by atoms with E-state index in [0.717, 1.165) is 15.7 Å². The van der Waals surface area contributed by atoms with E-state index < -0.39 is 17.5 Å². The Morgan fingerprint density at radius 1 is 1.03 bits per heavy atom. The van der Waals surface area contributed by atoms with Crippen LogP contribution in [0.2, 0.25) is 0 Å². The maximum Gasteiger partial charge on any atom is 0.325 e. The average Bonchev–Trinajstić information content (AvgIpc) is 3.33. The highest BCUT2D eigenvalue weighted by molar-refractivity contribution is 6.09. The van der Waals surface area contributed by atoms with Gasteiger partial charge in [0, 0.05) is 5.56 Å². The van der Waals surface area contributed by atoms with Gasteiger partial charge in [-0.1, -0.05) is 47.6 Å². The molecular formula is C23H17FN4O3. The van der Waals surface area contributed by atoms with Crippen LogP contribution in [-0.4, -0.2) is 27.0 Å². The van der Waals surface area contributed by atoms with Gasteiger partial charge in [-0.2, -0.15) is 4.98 Å². The van der Waals surface area contributed by atoms with Gasteiger partial charge in [0.1, 0.15) is 17.9 Å². The minimum Gasteiger partial charge on any atom is -0.337 e. The van der Waals surface area contributed by atoms with E-state index in [0.29, 0.717) is 11.1 Å². The van der Waals surface area contributed by atoms with Crippen LogP contribution in [0.1, 0.15) is 18.4 Å². The average molecular weight is 416 g/mol. The van der Waals surface area contributed by atoms with Crippen molar-refractivity contribution in [3.63, 3.8) is 0 Å². The van der Waals surface area contributed by atoms with Crippen molar-refractivity contribution in [1.29, 1.82) is 0 Å². The standard InChI is InChI=1S/C23H17FN4O3/c1-23(18-8-4-6-14-5-2-3-7-17(14)18)21(29)28(22(30)26-23)13-19-25-20(27-31-19)15-9-11-16(24)12-10-15/h2-12H,13H2,1H3,(H,26,30)/t23-/m1/s1. The summed E-state index contributed by atoms with van der Waals surface area (Å²) in [6, 6.07) is 18.4. The number of aromatic nitrogens is 2. The topological polar surface area (TPSA) is 88.3 Å². The Morgan fingerprint density at radius 2 is 1.77 bits per heavy atom. The molecule has 2 heterocycles. The third kappa shape index (κ3) is 3.13. The zero-order valence-electron chi connectivity index (χ0n) is 16.5. The Labute approximate surface area is 176 Å². The van der Waals surface area contributed by atoms with E-state index in [9.17, 15) is 14.0 Å². The van der Waals surface area contributed by atoms with Gasteiger partial charge in [-0.3, -0.25) is 9.69 Å². The number of carbonyl (C=O) groups is 2. The molecule has 0 aliphatic carbocycles. The Balaban J connectivity index is 1.44. The number of fused-ring (bicyclic) bond motifs is 1. The van der Waals surface area contributed by atoms with Gasteiger partial charge in [0.15, 0.2) is 0 Å². The SMILES string of the molecule is C[C@]1(c2cccc3ccccc23)NC(=O)N(Cc2nc(-c3ccc(F)cc3)no2)C1=O. The normalized spacial score (nSPS) is 18.6. The molecule has 0 unspecified atom stereocenters. The lowest BCUT2D eigenvalue weighted by atomic mass is 9.88. The second-order valence-corrected chi connectivity index (χ2v) is 7.49. The summed E-state index contributed by atoms with van der Waals surface area (Å²) >= 11 is 0. The first-order valence-corrected chi connectivity index (χ1v) is 9.66. The van der Waals surface area contributed by atoms with Gasteiger partial charge in [-0.05, 0) is 47.5 Å². The van der Waals surface area contributed by atoms with Crippen molar-refractivity contribution in [3.05, 3.63) is 84.0 Å². The lowest BCUT2D eigenvalue weighted by Crippen LogP contribution is -2.41. The van der Waals surface area contributed by atoms with E-state index in [-0.39, 0.29) is 24.1 Å². The predicted octanol–water partition coefficient (Wildman–Crippen LogP) is 4.00. The summed E-state index contributed by atoms with van der Waals surface area (Å²) in [5.74, 6) is -0.432. The number of urea groups is 1. The number of carbonyl (C=O) groups excluding carboxylic acids is 2. The highest BCUT2D eigenvalue weighted by Gasteiger charge is 2.50. The number of halogens is 1. The van der Waals surface area contributed by atoms with E-state index in [2.05, 4.69) is 15.5 Å². The van der Waals surface area contributed by atoms with Crippen molar-refractivity contribution in [3.8, 4) is 11.4 Å². The minimum absolute atomic E-state index is 0.102. The predicted molar refractivity (Wildman–Crippen MR) is 110 cm³/mol. The van der Waals surface area contributed by atoms with Crippen LogP contribution in [0.25, 0.3) is 22.2 Å². The van der Waals surface area contributed by atoms with Crippen LogP contribution in [0.4, 0.5) is 9.18 Å². The number of rotatable bonds is 4. The fourth-order valence-electron chi connectivity index (χ4n) is 3.86. The van der Waals surface area contributed by atoms with Gasteiger partial charge in [0.2, 0.25) is 11.7 Å². The number of hydrogen-bond acceptors (Lipinski definition) is 5. The molecular weight excluding hydrogens is 399 g/mol. The summed E-state index contributed by atoms with van der Waals surface area (Å²) in [4.78, 5) is 31.3. The second-order valence-electron chi connectivity index (χ2n) is 7.49. The zero-order valence-corrected chi connectivity index (χ0v) is 16.5. The number of imide groups is 1. The highest BCUT2D eigenvalue weighted by Crippen LogP contribution is 2.34. The zero-order chi connectivity index (χ0) is 21.6. The maximum atomic E-state index is 13.3. The molecule has 4 aromatic rings. The fraction of sp³-hybridized carbons (Fsp3) is 0.130. The summed E-state index contributed by atoms with van der Waals surface area (Å²) in [6.07, 6.45) is 0.